The second-order valence-corrected chi connectivity index (χ2v) is 6.39. The Morgan fingerprint density at radius 2 is 2.09 bits per heavy atom. The van der Waals surface area contributed by atoms with Crippen molar-refractivity contribution in [1.29, 1.82) is 0 Å². The molecule has 0 spiro atoms. The van der Waals surface area contributed by atoms with Crippen LogP contribution in [0.25, 0.3) is 0 Å². The fourth-order valence-electron chi connectivity index (χ4n) is 3.05. The maximum absolute atomic E-state index is 12.6. The molecule has 0 radical (unpaired) electrons. The van der Waals surface area contributed by atoms with Gasteiger partial charge in [0.15, 0.2) is 0 Å². The minimum Gasteiger partial charge on any atom is -0.350 e. The van der Waals surface area contributed by atoms with Gasteiger partial charge in [-0.15, -0.1) is 10.2 Å². The van der Waals surface area contributed by atoms with E-state index in [4.69, 9.17) is 11.6 Å². The Hall–Kier alpha value is -1.88. The number of nitrogens with zero attached hydrogens (tertiary/aromatic N) is 3. The summed E-state index contributed by atoms with van der Waals surface area (Å²) in [6, 6.07) is 7.39. The van der Waals surface area contributed by atoms with Crippen molar-refractivity contribution in [3.8, 4) is 0 Å². The molecule has 1 aliphatic heterocycles. The lowest BCUT2D eigenvalue weighted by atomic mass is 10.1. The molecule has 2 aliphatic rings. The lowest BCUT2D eigenvalue weighted by molar-refractivity contribution is -0.124. The Kier molecular flexibility index (Phi) is 3.37. The summed E-state index contributed by atoms with van der Waals surface area (Å²) in [6.45, 7) is 0.450. The monoisotopic (exact) mass is 316 g/mol. The van der Waals surface area contributed by atoms with Crippen molar-refractivity contribution in [3.63, 3.8) is 0 Å². The molecule has 1 N–H and O–H groups in total. The van der Waals surface area contributed by atoms with Gasteiger partial charge in [-0.05, 0) is 30.9 Å². The summed E-state index contributed by atoms with van der Waals surface area (Å²) in [6.07, 6.45) is 3.95. The smallest absolute Gasteiger partial charge is 0.243 e. The van der Waals surface area contributed by atoms with E-state index in [2.05, 4.69) is 20.1 Å². The molecule has 2 aromatic rings. The van der Waals surface area contributed by atoms with Gasteiger partial charge >= 0.3 is 0 Å². The van der Waals surface area contributed by atoms with Crippen molar-refractivity contribution in [2.45, 2.75) is 44.2 Å². The molecule has 1 unspecified atom stereocenters. The molecule has 2 heterocycles. The zero-order valence-electron chi connectivity index (χ0n) is 12.1. The van der Waals surface area contributed by atoms with E-state index in [0.29, 0.717) is 17.5 Å². The van der Waals surface area contributed by atoms with Crippen molar-refractivity contribution in [3.05, 3.63) is 46.5 Å². The van der Waals surface area contributed by atoms with Gasteiger partial charge < -0.3 is 9.88 Å². The van der Waals surface area contributed by atoms with Gasteiger partial charge in [0.2, 0.25) is 5.91 Å². The summed E-state index contributed by atoms with van der Waals surface area (Å²) < 4.78 is 2.06. The average molecular weight is 317 g/mol. The third kappa shape index (κ3) is 2.39. The lowest BCUT2D eigenvalue weighted by Gasteiger charge is -2.15. The highest BCUT2D eigenvalue weighted by atomic mass is 35.5. The number of aryl methyl sites for hydroxylation is 1. The van der Waals surface area contributed by atoms with E-state index < -0.39 is 0 Å². The third-order valence-electron chi connectivity index (χ3n) is 4.40. The number of nitrogens with one attached hydrogen (secondary N) is 1. The molecule has 1 amide bonds. The highest BCUT2D eigenvalue weighted by Gasteiger charge is 2.37. The number of aromatic nitrogens is 3. The first kappa shape index (κ1) is 13.8. The second kappa shape index (κ2) is 5.39. The van der Waals surface area contributed by atoms with E-state index in [1.54, 1.807) is 0 Å². The van der Waals surface area contributed by atoms with Crippen molar-refractivity contribution >= 4 is 17.5 Å². The van der Waals surface area contributed by atoms with Gasteiger partial charge in [0.25, 0.3) is 0 Å². The molecule has 1 aliphatic carbocycles. The fourth-order valence-corrected chi connectivity index (χ4v) is 3.26. The van der Waals surface area contributed by atoms with Gasteiger partial charge in [-0.2, -0.15) is 0 Å². The van der Waals surface area contributed by atoms with Crippen LogP contribution in [-0.4, -0.2) is 20.7 Å². The highest BCUT2D eigenvalue weighted by Crippen LogP contribution is 2.42. The number of hydrogen-bond donors (Lipinski definition) is 1. The van der Waals surface area contributed by atoms with Crippen LogP contribution < -0.4 is 5.32 Å². The predicted molar refractivity (Wildman–Crippen MR) is 82.7 cm³/mol. The summed E-state index contributed by atoms with van der Waals surface area (Å²) in [5, 5.41) is 12.2. The maximum atomic E-state index is 12.6. The highest BCUT2D eigenvalue weighted by molar-refractivity contribution is 6.31. The summed E-state index contributed by atoms with van der Waals surface area (Å²) in [5.41, 5.74) is 0.932. The first-order valence-corrected chi connectivity index (χ1v) is 8.06. The van der Waals surface area contributed by atoms with E-state index in [1.165, 1.54) is 0 Å². The van der Waals surface area contributed by atoms with Crippen molar-refractivity contribution in [2.24, 2.45) is 0 Å². The summed E-state index contributed by atoms with van der Waals surface area (Å²) in [5.74, 6) is 2.46. The first-order chi connectivity index (χ1) is 10.7. The van der Waals surface area contributed by atoms with E-state index in [1.807, 2.05) is 24.3 Å². The maximum Gasteiger partial charge on any atom is 0.243 e. The van der Waals surface area contributed by atoms with Gasteiger partial charge in [0, 0.05) is 23.9 Å². The SMILES string of the molecule is O=C(NCc1ccccc1Cl)C1CCc2nnc(C3CC3)n21. The number of hydrogen-bond acceptors (Lipinski definition) is 3. The molecule has 5 nitrogen and oxygen atoms in total. The number of carbonyl (C=O) groups is 1. The summed E-state index contributed by atoms with van der Waals surface area (Å²) in [4.78, 5) is 12.6. The molecule has 0 bridgehead atoms. The topological polar surface area (TPSA) is 59.8 Å². The molecule has 1 aromatic heterocycles. The van der Waals surface area contributed by atoms with E-state index in [9.17, 15) is 4.79 Å². The minimum atomic E-state index is -0.178. The molecule has 114 valence electrons. The van der Waals surface area contributed by atoms with Gasteiger partial charge in [-0.3, -0.25) is 4.79 Å². The van der Waals surface area contributed by atoms with Crippen LogP contribution in [-0.2, 0) is 17.8 Å². The van der Waals surface area contributed by atoms with Crippen LogP contribution in [0.4, 0.5) is 0 Å². The number of rotatable bonds is 4. The molecule has 4 rings (SSSR count). The Labute approximate surface area is 133 Å². The summed E-state index contributed by atoms with van der Waals surface area (Å²) >= 11 is 6.13. The zero-order chi connectivity index (χ0) is 15.1. The molecule has 1 saturated carbocycles. The largest absolute Gasteiger partial charge is 0.350 e. The number of carbonyl (C=O) groups excluding carboxylic acids is 1. The standard InChI is InChI=1S/C16H17ClN4O/c17-12-4-2-1-3-11(12)9-18-16(22)13-7-8-14-19-20-15(21(13)14)10-5-6-10/h1-4,10,13H,5-9H2,(H,18,22). The Morgan fingerprint density at radius 3 is 2.86 bits per heavy atom. The van der Waals surface area contributed by atoms with Gasteiger partial charge in [0.05, 0.1) is 0 Å². The molecule has 6 heteroatoms. The van der Waals surface area contributed by atoms with Crippen LogP contribution in [0.2, 0.25) is 5.02 Å². The Bertz CT molecular complexity index is 723. The molecule has 1 fully saturated rings. The number of fused-ring (bicyclic) bond motifs is 1. The zero-order valence-corrected chi connectivity index (χ0v) is 12.9. The van der Waals surface area contributed by atoms with Crippen LogP contribution in [0.1, 0.15) is 48.4 Å². The molecule has 22 heavy (non-hydrogen) atoms. The average Bonchev–Trinajstić information content (AvgIpc) is 3.13. The molecule has 1 atom stereocenters. The second-order valence-electron chi connectivity index (χ2n) is 5.98. The van der Waals surface area contributed by atoms with Crippen LogP contribution in [0.5, 0.6) is 0 Å². The van der Waals surface area contributed by atoms with Crippen LogP contribution >= 0.6 is 11.6 Å². The normalized spacial score (nSPS) is 20.0. The fraction of sp³-hybridized carbons (Fsp3) is 0.438. The molecule has 0 saturated heterocycles. The van der Waals surface area contributed by atoms with Gasteiger partial charge in [0.1, 0.15) is 17.7 Å². The van der Waals surface area contributed by atoms with Gasteiger partial charge in [-0.25, -0.2) is 0 Å². The van der Waals surface area contributed by atoms with E-state index >= 15 is 0 Å². The molecular formula is C16H17ClN4O. The number of benzene rings is 1. The number of halogens is 1. The molecule has 1 aromatic carbocycles. The lowest BCUT2D eigenvalue weighted by Crippen LogP contribution is -2.31. The first-order valence-electron chi connectivity index (χ1n) is 7.69. The van der Waals surface area contributed by atoms with Crippen LogP contribution in [0.15, 0.2) is 24.3 Å². The third-order valence-corrected chi connectivity index (χ3v) is 4.77. The van der Waals surface area contributed by atoms with E-state index in [0.717, 1.165) is 42.9 Å². The Morgan fingerprint density at radius 1 is 1.27 bits per heavy atom. The van der Waals surface area contributed by atoms with Crippen molar-refractivity contribution in [1.82, 2.24) is 20.1 Å². The Balaban J connectivity index is 1.49. The number of amides is 1. The minimum absolute atomic E-state index is 0.0281. The van der Waals surface area contributed by atoms with E-state index in [-0.39, 0.29) is 11.9 Å². The van der Waals surface area contributed by atoms with Crippen molar-refractivity contribution in [2.75, 3.05) is 0 Å². The summed E-state index contributed by atoms with van der Waals surface area (Å²) in [7, 11) is 0. The van der Waals surface area contributed by atoms with Crippen LogP contribution in [0.3, 0.4) is 0 Å². The molecular weight excluding hydrogens is 300 g/mol. The van der Waals surface area contributed by atoms with Crippen LogP contribution in [0, 0.1) is 0 Å². The van der Waals surface area contributed by atoms with Crippen molar-refractivity contribution < 1.29 is 4.79 Å². The van der Waals surface area contributed by atoms with Gasteiger partial charge in [-0.1, -0.05) is 29.8 Å². The quantitative estimate of drug-likeness (QED) is 0.943. The predicted octanol–water partition coefficient (Wildman–Crippen LogP) is 2.61.